The Balaban J connectivity index is 1.07. The fourth-order valence-corrected chi connectivity index (χ4v) is 7.89. The number of halogens is 1. The summed E-state index contributed by atoms with van der Waals surface area (Å²) in [7, 11) is 1.49. The largest absolute Gasteiger partial charge is 0.494 e. The van der Waals surface area contributed by atoms with E-state index in [9.17, 15) is 14.0 Å². The van der Waals surface area contributed by atoms with Crippen LogP contribution >= 0.6 is 0 Å². The molecular formula is C31H36FNO4. The van der Waals surface area contributed by atoms with Gasteiger partial charge >= 0.3 is 0 Å². The normalized spacial score (nSPS) is 32.4. The van der Waals surface area contributed by atoms with E-state index in [1.54, 1.807) is 23.1 Å². The highest BCUT2D eigenvalue weighted by Gasteiger charge is 2.54. The highest BCUT2D eigenvalue weighted by molar-refractivity contribution is 5.89. The third kappa shape index (κ3) is 3.99. The predicted octanol–water partition coefficient (Wildman–Crippen LogP) is 5.62. The van der Waals surface area contributed by atoms with Crippen LogP contribution < -0.4 is 4.74 Å². The first-order valence-electron chi connectivity index (χ1n) is 13.8. The van der Waals surface area contributed by atoms with E-state index in [0.29, 0.717) is 48.7 Å². The van der Waals surface area contributed by atoms with Crippen LogP contribution in [-0.4, -0.2) is 43.0 Å². The maximum absolute atomic E-state index is 14.4. The minimum absolute atomic E-state index is 0.0892. The molecule has 196 valence electrons. The van der Waals surface area contributed by atoms with E-state index in [4.69, 9.17) is 9.47 Å². The maximum atomic E-state index is 14.4. The Hall–Kier alpha value is -2.73. The lowest BCUT2D eigenvalue weighted by molar-refractivity contribution is -0.171. The van der Waals surface area contributed by atoms with Crippen LogP contribution in [-0.2, 0) is 20.7 Å². The summed E-state index contributed by atoms with van der Waals surface area (Å²) in [5, 5.41) is 0. The Morgan fingerprint density at radius 3 is 2.70 bits per heavy atom. The molecule has 3 aliphatic carbocycles. The standard InChI is InChI=1S/C31H36FNO4/c1-31-15-14-22-21-11-9-20(18-19(21)8-10-23(22)25(31)12-13-27(31)34)37-17-5-16-33-28(29(36-2)30(33)35)24-6-3-4-7-26(24)32/h3-4,6-7,9,11,18,22-23,25,28-29H,5,8,10,12-17H2,1-2H3/t22-,23-,25+,28-,29+,31+/m1/s1. The van der Waals surface area contributed by atoms with Crippen molar-refractivity contribution in [3.8, 4) is 5.75 Å². The number of hydrogen-bond acceptors (Lipinski definition) is 4. The molecule has 2 aromatic carbocycles. The average molecular weight is 506 g/mol. The SMILES string of the molecule is CO[C@@H]1C(=O)N(CCCOc2ccc3c(c2)CC[C@@H]2[C@@H]3CC[C@]3(C)C(=O)CC[C@@H]23)[C@@H]1c1ccccc1F. The number of carbonyl (C=O) groups excluding carboxylic acids is 2. The number of fused-ring (bicyclic) bond motifs is 5. The molecule has 2 saturated carbocycles. The lowest BCUT2D eigenvalue weighted by atomic mass is 9.55. The Kier molecular flexibility index (Phi) is 6.34. The zero-order valence-corrected chi connectivity index (χ0v) is 21.8. The number of amides is 1. The van der Waals surface area contributed by atoms with Crippen LogP contribution in [0.2, 0.25) is 0 Å². The number of ketones is 1. The minimum Gasteiger partial charge on any atom is -0.494 e. The first-order valence-corrected chi connectivity index (χ1v) is 13.8. The van der Waals surface area contributed by atoms with Crippen molar-refractivity contribution in [3.05, 3.63) is 65.0 Å². The first-order chi connectivity index (χ1) is 17.9. The summed E-state index contributed by atoms with van der Waals surface area (Å²) in [5.74, 6) is 2.65. The molecule has 2 aromatic rings. The summed E-state index contributed by atoms with van der Waals surface area (Å²) in [6, 6.07) is 12.7. The third-order valence-electron chi connectivity index (χ3n) is 9.85. The van der Waals surface area contributed by atoms with Gasteiger partial charge in [0.05, 0.1) is 12.6 Å². The second-order valence-corrected chi connectivity index (χ2v) is 11.6. The van der Waals surface area contributed by atoms with Crippen molar-refractivity contribution < 1.29 is 23.5 Å². The van der Waals surface area contributed by atoms with Crippen molar-refractivity contribution in [2.45, 2.75) is 69.9 Å². The molecule has 37 heavy (non-hydrogen) atoms. The molecule has 3 fully saturated rings. The van der Waals surface area contributed by atoms with Crippen molar-refractivity contribution in [1.82, 2.24) is 4.90 Å². The summed E-state index contributed by atoms with van der Waals surface area (Å²) in [4.78, 5) is 26.8. The molecule has 1 saturated heterocycles. The van der Waals surface area contributed by atoms with Gasteiger partial charge in [-0.05, 0) is 85.6 Å². The molecule has 1 aliphatic heterocycles. The third-order valence-corrected chi connectivity index (χ3v) is 9.85. The molecule has 6 rings (SSSR count). The molecule has 0 radical (unpaired) electrons. The van der Waals surface area contributed by atoms with Gasteiger partial charge in [0.1, 0.15) is 17.3 Å². The molecule has 0 N–H and O–H groups in total. The average Bonchev–Trinajstić information content (AvgIpc) is 3.21. The van der Waals surface area contributed by atoms with Gasteiger partial charge in [0.25, 0.3) is 5.91 Å². The van der Waals surface area contributed by atoms with Crippen molar-refractivity contribution in [2.75, 3.05) is 20.3 Å². The smallest absolute Gasteiger partial charge is 0.254 e. The summed E-state index contributed by atoms with van der Waals surface area (Å²) >= 11 is 0. The number of carbonyl (C=O) groups is 2. The Bertz CT molecular complexity index is 1210. The quantitative estimate of drug-likeness (QED) is 0.362. The van der Waals surface area contributed by atoms with E-state index in [2.05, 4.69) is 25.1 Å². The molecule has 0 bridgehead atoms. The molecule has 6 atom stereocenters. The number of methoxy groups -OCH3 is 1. The highest BCUT2D eigenvalue weighted by Crippen LogP contribution is 2.59. The van der Waals surface area contributed by atoms with Gasteiger partial charge in [0.2, 0.25) is 0 Å². The lowest BCUT2D eigenvalue weighted by Crippen LogP contribution is -2.60. The topological polar surface area (TPSA) is 55.8 Å². The van der Waals surface area contributed by atoms with Crippen molar-refractivity contribution in [1.29, 1.82) is 0 Å². The molecule has 0 aromatic heterocycles. The van der Waals surface area contributed by atoms with Crippen LogP contribution in [0.3, 0.4) is 0 Å². The van der Waals surface area contributed by atoms with Gasteiger partial charge in [0.15, 0.2) is 6.10 Å². The summed E-state index contributed by atoms with van der Waals surface area (Å²) in [6.45, 7) is 3.20. The van der Waals surface area contributed by atoms with Crippen LogP contribution in [0.15, 0.2) is 42.5 Å². The molecule has 1 heterocycles. The van der Waals surface area contributed by atoms with Gasteiger partial charge in [-0.1, -0.05) is 31.2 Å². The number of rotatable bonds is 7. The van der Waals surface area contributed by atoms with E-state index >= 15 is 0 Å². The van der Waals surface area contributed by atoms with Crippen LogP contribution in [0.4, 0.5) is 4.39 Å². The number of hydrogen-bond donors (Lipinski definition) is 0. The van der Waals surface area contributed by atoms with Gasteiger partial charge in [0, 0.05) is 31.1 Å². The van der Waals surface area contributed by atoms with Crippen LogP contribution in [0.5, 0.6) is 5.75 Å². The number of benzene rings is 2. The minimum atomic E-state index is -0.637. The van der Waals surface area contributed by atoms with Crippen LogP contribution in [0.25, 0.3) is 0 Å². The molecule has 6 heteroatoms. The molecule has 1 amide bonds. The van der Waals surface area contributed by atoms with E-state index in [-0.39, 0.29) is 17.1 Å². The number of ether oxygens (including phenoxy) is 2. The molecule has 4 aliphatic rings. The van der Waals surface area contributed by atoms with Gasteiger partial charge in [-0.25, -0.2) is 4.39 Å². The monoisotopic (exact) mass is 505 g/mol. The molecule has 0 unspecified atom stereocenters. The fourth-order valence-electron chi connectivity index (χ4n) is 7.89. The Morgan fingerprint density at radius 2 is 1.89 bits per heavy atom. The number of β-lactam (4-membered cyclic amide) rings is 1. The molecular weight excluding hydrogens is 469 g/mol. The Morgan fingerprint density at radius 1 is 1.05 bits per heavy atom. The Labute approximate surface area is 218 Å². The number of nitrogens with zero attached hydrogens (tertiary/aromatic N) is 1. The van der Waals surface area contributed by atoms with E-state index in [1.165, 1.54) is 24.3 Å². The molecule has 5 nitrogen and oxygen atoms in total. The summed E-state index contributed by atoms with van der Waals surface area (Å²) < 4.78 is 25.8. The second-order valence-electron chi connectivity index (χ2n) is 11.6. The van der Waals surface area contributed by atoms with Gasteiger partial charge in [-0.15, -0.1) is 0 Å². The second kappa shape index (κ2) is 9.54. The van der Waals surface area contributed by atoms with E-state index in [0.717, 1.165) is 44.3 Å². The number of likely N-dealkylation sites (tertiary alicyclic amines) is 1. The number of Topliss-reactive ketones (excluding diaryl/α,β-unsaturated/α-hetero) is 1. The number of aryl methyl sites for hydroxylation is 1. The van der Waals surface area contributed by atoms with Gasteiger partial charge < -0.3 is 14.4 Å². The van der Waals surface area contributed by atoms with Crippen LogP contribution in [0.1, 0.15) is 74.1 Å². The van der Waals surface area contributed by atoms with E-state index < -0.39 is 12.1 Å². The fraction of sp³-hybridized carbons (Fsp3) is 0.548. The summed E-state index contributed by atoms with van der Waals surface area (Å²) in [5.41, 5.74) is 3.24. The first kappa shape index (κ1) is 24.6. The van der Waals surface area contributed by atoms with Crippen molar-refractivity contribution >= 4 is 11.7 Å². The molecule has 0 spiro atoms. The zero-order chi connectivity index (χ0) is 25.7. The highest BCUT2D eigenvalue weighted by atomic mass is 19.1. The van der Waals surface area contributed by atoms with Crippen molar-refractivity contribution in [2.24, 2.45) is 17.3 Å². The zero-order valence-electron chi connectivity index (χ0n) is 21.8. The predicted molar refractivity (Wildman–Crippen MR) is 138 cm³/mol. The lowest BCUT2D eigenvalue weighted by Gasteiger charge is -2.48. The van der Waals surface area contributed by atoms with E-state index in [1.807, 2.05) is 0 Å². The maximum Gasteiger partial charge on any atom is 0.254 e. The van der Waals surface area contributed by atoms with Gasteiger partial charge in [-0.2, -0.15) is 0 Å². The van der Waals surface area contributed by atoms with Crippen molar-refractivity contribution in [3.63, 3.8) is 0 Å². The van der Waals surface area contributed by atoms with Gasteiger partial charge in [-0.3, -0.25) is 9.59 Å². The summed E-state index contributed by atoms with van der Waals surface area (Å²) in [6.07, 6.45) is 6.17. The van der Waals surface area contributed by atoms with Crippen LogP contribution in [0, 0.1) is 23.1 Å².